The zero-order valence-corrected chi connectivity index (χ0v) is 10.2. The van der Waals surface area contributed by atoms with E-state index in [4.69, 9.17) is 10.8 Å². The minimum atomic E-state index is -0.946. The van der Waals surface area contributed by atoms with Crippen LogP contribution in [-0.2, 0) is 4.79 Å². The molecule has 2 heterocycles. The lowest BCUT2D eigenvalue weighted by molar-refractivity contribution is -0.132. The van der Waals surface area contributed by atoms with Crippen LogP contribution in [0.1, 0.15) is 11.3 Å². The zero-order valence-electron chi connectivity index (χ0n) is 9.38. The van der Waals surface area contributed by atoms with Crippen LogP contribution in [0.25, 0.3) is 16.2 Å². The molecular formula is C13H10N2O2S. The summed E-state index contributed by atoms with van der Waals surface area (Å²) in [7, 11) is 0. The summed E-state index contributed by atoms with van der Waals surface area (Å²) in [5, 5.41) is 10.1. The highest BCUT2D eigenvalue weighted by Crippen LogP contribution is 2.40. The van der Waals surface area contributed by atoms with E-state index in [-0.39, 0.29) is 12.0 Å². The van der Waals surface area contributed by atoms with Gasteiger partial charge >= 0.3 is 5.97 Å². The highest BCUT2D eigenvalue weighted by Gasteiger charge is 2.18. The average Bonchev–Trinajstić information content (AvgIpc) is 2.57. The number of nitrogens with two attached hydrogens (primary N) is 1. The molecule has 3 rings (SSSR count). The number of aliphatic imine (C=N–C) groups is 1. The molecule has 0 saturated heterocycles. The summed E-state index contributed by atoms with van der Waals surface area (Å²) in [6.07, 6.45) is 1.86. The van der Waals surface area contributed by atoms with Crippen LogP contribution in [0.15, 0.2) is 34.8 Å². The summed E-state index contributed by atoms with van der Waals surface area (Å²) in [5.74, 6) is -0.607. The van der Waals surface area contributed by atoms with Crippen LogP contribution < -0.4 is 5.73 Å². The first-order valence-electron chi connectivity index (χ1n) is 5.43. The molecule has 0 atom stereocenters. The van der Waals surface area contributed by atoms with Crippen LogP contribution in [-0.4, -0.2) is 16.9 Å². The molecule has 2 aromatic rings. The molecule has 0 spiro atoms. The van der Waals surface area contributed by atoms with Gasteiger partial charge in [-0.25, -0.2) is 9.79 Å². The molecule has 1 aliphatic rings. The number of benzene rings is 1. The first kappa shape index (κ1) is 11.0. The Morgan fingerprint density at radius 3 is 2.94 bits per heavy atom. The zero-order chi connectivity index (χ0) is 12.7. The van der Waals surface area contributed by atoms with Gasteiger partial charge in [-0.15, -0.1) is 11.3 Å². The fourth-order valence-electron chi connectivity index (χ4n) is 1.99. The molecule has 4 nitrogen and oxygen atoms in total. The van der Waals surface area contributed by atoms with Gasteiger partial charge in [-0.05, 0) is 12.1 Å². The van der Waals surface area contributed by atoms with Gasteiger partial charge in [0, 0.05) is 22.1 Å². The standard InChI is InChI=1S/C13H10N2O2S/c14-11-6-7(13(16)17)5-10-12(15-11)8-3-1-2-4-9(8)18-10/h1-5H,6H2,(H2,14,15)(H,16,17). The van der Waals surface area contributed by atoms with Crippen molar-refractivity contribution in [3.05, 3.63) is 34.7 Å². The smallest absolute Gasteiger partial charge is 0.332 e. The van der Waals surface area contributed by atoms with E-state index < -0.39 is 5.97 Å². The van der Waals surface area contributed by atoms with Crippen molar-refractivity contribution in [2.24, 2.45) is 10.7 Å². The van der Waals surface area contributed by atoms with Gasteiger partial charge < -0.3 is 10.8 Å². The number of carboxylic acids is 1. The third kappa shape index (κ3) is 1.69. The lowest BCUT2D eigenvalue weighted by Gasteiger charge is -1.98. The van der Waals surface area contributed by atoms with Crippen molar-refractivity contribution in [2.45, 2.75) is 6.42 Å². The Balaban J connectivity index is 2.32. The normalized spacial score (nSPS) is 14.7. The van der Waals surface area contributed by atoms with Gasteiger partial charge in [-0.1, -0.05) is 18.2 Å². The maximum atomic E-state index is 11.1. The van der Waals surface area contributed by atoms with Crippen LogP contribution in [0, 0.1) is 0 Å². The van der Waals surface area contributed by atoms with Crippen LogP contribution >= 0.6 is 11.3 Å². The Labute approximate surface area is 107 Å². The lowest BCUT2D eigenvalue weighted by atomic mass is 10.1. The molecule has 0 saturated carbocycles. The van der Waals surface area contributed by atoms with Crippen LogP contribution in [0.4, 0.5) is 5.69 Å². The van der Waals surface area contributed by atoms with Gasteiger partial charge in [0.05, 0.1) is 10.6 Å². The van der Waals surface area contributed by atoms with E-state index in [1.807, 2.05) is 24.3 Å². The van der Waals surface area contributed by atoms with Crippen molar-refractivity contribution in [2.75, 3.05) is 0 Å². The van der Waals surface area contributed by atoms with E-state index in [1.165, 1.54) is 11.3 Å². The molecule has 1 aromatic heterocycles. The van der Waals surface area contributed by atoms with Crippen molar-refractivity contribution in [3.63, 3.8) is 0 Å². The second-order valence-electron chi connectivity index (χ2n) is 4.07. The summed E-state index contributed by atoms with van der Waals surface area (Å²) < 4.78 is 1.09. The highest BCUT2D eigenvalue weighted by molar-refractivity contribution is 7.20. The third-order valence-corrected chi connectivity index (χ3v) is 3.91. The number of carbonyl (C=O) groups is 1. The molecule has 90 valence electrons. The summed E-state index contributed by atoms with van der Waals surface area (Å²) in [6, 6.07) is 7.86. The molecule has 0 fully saturated rings. The van der Waals surface area contributed by atoms with Crippen molar-refractivity contribution in [3.8, 4) is 0 Å². The number of thiophene rings is 1. The van der Waals surface area contributed by atoms with Crippen LogP contribution in [0.3, 0.4) is 0 Å². The van der Waals surface area contributed by atoms with E-state index >= 15 is 0 Å². The van der Waals surface area contributed by atoms with E-state index in [2.05, 4.69) is 4.99 Å². The Kier molecular flexibility index (Phi) is 2.41. The Hall–Kier alpha value is -2.14. The number of aliphatic carboxylic acids is 1. The number of amidine groups is 1. The largest absolute Gasteiger partial charge is 0.478 e. The summed E-state index contributed by atoms with van der Waals surface area (Å²) in [6.45, 7) is 0. The molecule has 3 N–H and O–H groups in total. The maximum absolute atomic E-state index is 11.1. The van der Waals surface area contributed by atoms with E-state index in [1.54, 1.807) is 6.08 Å². The van der Waals surface area contributed by atoms with Crippen LogP contribution in [0.5, 0.6) is 0 Å². The molecule has 0 bridgehead atoms. The Bertz CT molecular complexity index is 713. The Morgan fingerprint density at radius 2 is 2.17 bits per heavy atom. The second kappa shape index (κ2) is 3.96. The number of carboxylic acid groups (broad SMARTS) is 1. The monoisotopic (exact) mass is 258 g/mol. The van der Waals surface area contributed by atoms with Crippen molar-refractivity contribution >= 4 is 45.0 Å². The quantitative estimate of drug-likeness (QED) is 0.825. The molecule has 1 aromatic carbocycles. The SMILES string of the molecule is NC1=Nc2c(sc3ccccc23)C=C(C(=O)O)C1. The molecule has 0 unspecified atom stereocenters. The summed E-state index contributed by atoms with van der Waals surface area (Å²) >= 11 is 1.53. The van der Waals surface area contributed by atoms with Gasteiger partial charge in [-0.3, -0.25) is 0 Å². The predicted molar refractivity (Wildman–Crippen MR) is 73.3 cm³/mol. The highest BCUT2D eigenvalue weighted by atomic mass is 32.1. The van der Waals surface area contributed by atoms with Gasteiger partial charge in [0.25, 0.3) is 0 Å². The first-order chi connectivity index (χ1) is 8.65. The Morgan fingerprint density at radius 1 is 1.39 bits per heavy atom. The summed E-state index contributed by atoms with van der Waals surface area (Å²) in [5.41, 5.74) is 6.84. The summed E-state index contributed by atoms with van der Waals surface area (Å²) in [4.78, 5) is 16.3. The fourth-order valence-corrected chi connectivity index (χ4v) is 3.10. The molecule has 0 amide bonds. The molecule has 0 radical (unpaired) electrons. The van der Waals surface area contributed by atoms with Crippen molar-refractivity contribution < 1.29 is 9.90 Å². The topological polar surface area (TPSA) is 75.7 Å². The molecular weight excluding hydrogens is 248 g/mol. The maximum Gasteiger partial charge on any atom is 0.332 e. The number of fused-ring (bicyclic) bond motifs is 3. The predicted octanol–water partition coefficient (Wildman–Crippen LogP) is 2.76. The van der Waals surface area contributed by atoms with Gasteiger partial charge in [-0.2, -0.15) is 0 Å². The van der Waals surface area contributed by atoms with Gasteiger partial charge in [0.1, 0.15) is 5.84 Å². The number of nitrogens with zero attached hydrogens (tertiary/aromatic N) is 1. The average molecular weight is 258 g/mol. The lowest BCUT2D eigenvalue weighted by Crippen LogP contribution is -2.14. The molecule has 0 aliphatic carbocycles. The van der Waals surface area contributed by atoms with E-state index in [9.17, 15) is 4.79 Å². The number of hydrogen-bond donors (Lipinski definition) is 2. The number of rotatable bonds is 1. The fraction of sp³-hybridized carbons (Fsp3) is 0.0769. The van der Waals surface area contributed by atoms with Crippen molar-refractivity contribution in [1.82, 2.24) is 0 Å². The molecule has 5 heteroatoms. The number of hydrogen-bond acceptors (Lipinski definition) is 4. The van der Waals surface area contributed by atoms with Gasteiger partial charge in [0.2, 0.25) is 0 Å². The minimum Gasteiger partial charge on any atom is -0.478 e. The minimum absolute atomic E-state index is 0.186. The molecule has 1 aliphatic heterocycles. The van der Waals surface area contributed by atoms with E-state index in [0.29, 0.717) is 5.84 Å². The van der Waals surface area contributed by atoms with Gasteiger partial charge in [0.15, 0.2) is 0 Å². The van der Waals surface area contributed by atoms with Crippen molar-refractivity contribution in [1.29, 1.82) is 0 Å². The van der Waals surface area contributed by atoms with Crippen LogP contribution in [0.2, 0.25) is 0 Å². The molecule has 18 heavy (non-hydrogen) atoms. The first-order valence-corrected chi connectivity index (χ1v) is 6.25. The second-order valence-corrected chi connectivity index (χ2v) is 5.15. The van der Waals surface area contributed by atoms with E-state index in [0.717, 1.165) is 20.7 Å². The third-order valence-electron chi connectivity index (χ3n) is 2.80.